The second-order valence-corrected chi connectivity index (χ2v) is 2.43. The van der Waals surface area contributed by atoms with E-state index in [4.69, 9.17) is 4.74 Å². The summed E-state index contributed by atoms with van der Waals surface area (Å²) in [5, 5.41) is 0. The van der Waals surface area contributed by atoms with Crippen molar-refractivity contribution < 1.29 is 9.53 Å². The van der Waals surface area contributed by atoms with Gasteiger partial charge in [-0.1, -0.05) is 24.8 Å². The van der Waals surface area contributed by atoms with Gasteiger partial charge in [0.25, 0.3) is 0 Å². The van der Waals surface area contributed by atoms with Crippen LogP contribution in [0.4, 0.5) is 0 Å². The Morgan fingerprint density at radius 1 is 1.42 bits per heavy atom. The minimum atomic E-state index is -0.380. The molecule has 0 radical (unpaired) electrons. The van der Waals surface area contributed by atoms with Gasteiger partial charge in [-0.2, -0.15) is 0 Å². The van der Waals surface area contributed by atoms with E-state index < -0.39 is 0 Å². The summed E-state index contributed by atoms with van der Waals surface area (Å²) in [6, 6.07) is 0. The van der Waals surface area contributed by atoms with Crippen LogP contribution in [0.1, 0.15) is 13.8 Å². The van der Waals surface area contributed by atoms with Crippen molar-refractivity contribution in [3.05, 3.63) is 36.5 Å². The summed E-state index contributed by atoms with van der Waals surface area (Å²) in [4.78, 5) is 11.0. The van der Waals surface area contributed by atoms with E-state index in [9.17, 15) is 4.79 Å². The van der Waals surface area contributed by atoms with Crippen LogP contribution in [-0.4, -0.2) is 12.6 Å². The number of ether oxygens (including phenoxy) is 1. The monoisotopic (exact) mass is 166 g/mol. The molecule has 0 atom stereocenters. The molecule has 0 aliphatic heterocycles. The average Bonchev–Trinajstić information content (AvgIpc) is 2.00. The number of esters is 1. The fourth-order valence-corrected chi connectivity index (χ4v) is 0.535. The molecular weight excluding hydrogens is 152 g/mol. The third kappa shape index (κ3) is 4.50. The van der Waals surface area contributed by atoms with Gasteiger partial charge < -0.3 is 4.74 Å². The van der Waals surface area contributed by atoms with Crippen molar-refractivity contribution in [1.82, 2.24) is 0 Å². The zero-order valence-corrected chi connectivity index (χ0v) is 7.59. The van der Waals surface area contributed by atoms with Crippen molar-refractivity contribution >= 4 is 5.97 Å². The van der Waals surface area contributed by atoms with Crippen LogP contribution in [-0.2, 0) is 9.53 Å². The molecule has 2 nitrogen and oxygen atoms in total. The predicted molar refractivity (Wildman–Crippen MR) is 49.7 cm³/mol. The van der Waals surface area contributed by atoms with Gasteiger partial charge in [0, 0.05) is 0 Å². The van der Waals surface area contributed by atoms with Crippen LogP contribution in [0.3, 0.4) is 0 Å². The van der Waals surface area contributed by atoms with Crippen molar-refractivity contribution in [3.63, 3.8) is 0 Å². The summed E-state index contributed by atoms with van der Waals surface area (Å²) in [5.74, 6) is -0.380. The van der Waals surface area contributed by atoms with Crippen LogP contribution in [0.25, 0.3) is 0 Å². The Kier molecular flexibility index (Phi) is 4.77. The molecule has 0 aromatic rings. The van der Waals surface area contributed by atoms with Gasteiger partial charge in [-0.15, -0.1) is 0 Å². The summed E-state index contributed by atoms with van der Waals surface area (Å²) in [7, 11) is 0. The highest BCUT2D eigenvalue weighted by Gasteiger charge is 2.02. The third-order valence-electron chi connectivity index (χ3n) is 1.11. The van der Waals surface area contributed by atoms with E-state index in [0.29, 0.717) is 12.2 Å². The number of hydrogen-bond donors (Lipinski definition) is 0. The fourth-order valence-electron chi connectivity index (χ4n) is 0.535. The van der Waals surface area contributed by atoms with Crippen LogP contribution >= 0.6 is 0 Å². The molecule has 0 aliphatic carbocycles. The maximum absolute atomic E-state index is 11.0. The molecule has 0 amide bonds. The van der Waals surface area contributed by atoms with E-state index in [1.165, 1.54) is 0 Å². The Bertz CT molecular complexity index is 224. The van der Waals surface area contributed by atoms with Gasteiger partial charge in [0.15, 0.2) is 0 Å². The third-order valence-corrected chi connectivity index (χ3v) is 1.11. The molecule has 0 fully saturated rings. The normalized spacial score (nSPS) is 9.83. The first-order valence-corrected chi connectivity index (χ1v) is 3.77. The van der Waals surface area contributed by atoms with Gasteiger partial charge in [0.2, 0.25) is 0 Å². The average molecular weight is 166 g/mol. The second kappa shape index (κ2) is 5.35. The smallest absolute Gasteiger partial charge is 0.337 e. The minimum absolute atomic E-state index is 0.347. The lowest BCUT2D eigenvalue weighted by Gasteiger charge is -1.99. The van der Waals surface area contributed by atoms with E-state index in [1.54, 1.807) is 19.1 Å². The largest absolute Gasteiger partial charge is 0.462 e. The Morgan fingerprint density at radius 3 is 2.42 bits per heavy atom. The summed E-state index contributed by atoms with van der Waals surface area (Å²) in [5.41, 5.74) is 1.22. The molecule has 0 unspecified atom stereocenters. The first-order chi connectivity index (χ1) is 5.57. The number of allylic oxidation sites excluding steroid dienone is 2. The van der Waals surface area contributed by atoms with Gasteiger partial charge in [0.05, 0.1) is 12.2 Å². The highest BCUT2D eigenvalue weighted by molar-refractivity contribution is 5.90. The van der Waals surface area contributed by atoms with Crippen molar-refractivity contribution in [2.24, 2.45) is 0 Å². The fraction of sp³-hybridized carbons (Fsp3) is 0.300. The zero-order valence-electron chi connectivity index (χ0n) is 7.59. The predicted octanol–water partition coefficient (Wildman–Crippen LogP) is 2.24. The topological polar surface area (TPSA) is 26.3 Å². The van der Waals surface area contributed by atoms with Gasteiger partial charge in [-0.3, -0.25) is 0 Å². The molecule has 0 aromatic carbocycles. The molecule has 12 heavy (non-hydrogen) atoms. The zero-order chi connectivity index (χ0) is 9.56. The van der Waals surface area contributed by atoms with Crippen LogP contribution < -0.4 is 0 Å². The lowest BCUT2D eigenvalue weighted by Crippen LogP contribution is -2.04. The molecule has 0 spiro atoms. The van der Waals surface area contributed by atoms with E-state index in [-0.39, 0.29) is 5.97 Å². The molecule has 66 valence electrons. The molecule has 0 aromatic heterocycles. The molecular formula is C10H14O2. The molecule has 0 N–H and O–H groups in total. The first kappa shape index (κ1) is 10.7. The molecule has 0 saturated heterocycles. The van der Waals surface area contributed by atoms with E-state index >= 15 is 0 Å². The SMILES string of the molecule is C=C(C)/C=C\C(=C)C(=O)OCC. The standard InChI is InChI=1S/C10H14O2/c1-5-12-10(11)9(4)7-6-8(2)3/h6-7H,2,4-5H2,1,3H3/b7-6-. The quantitative estimate of drug-likeness (QED) is 0.363. The number of rotatable bonds is 4. The van der Waals surface area contributed by atoms with Crippen molar-refractivity contribution in [2.75, 3.05) is 6.61 Å². The van der Waals surface area contributed by atoms with E-state index in [2.05, 4.69) is 13.2 Å². The highest BCUT2D eigenvalue weighted by atomic mass is 16.5. The van der Waals surface area contributed by atoms with Gasteiger partial charge in [-0.05, 0) is 19.9 Å². The summed E-state index contributed by atoms with van der Waals surface area (Å²) >= 11 is 0. The summed E-state index contributed by atoms with van der Waals surface area (Å²) < 4.78 is 4.72. The molecule has 0 rings (SSSR count). The minimum Gasteiger partial charge on any atom is -0.462 e. The van der Waals surface area contributed by atoms with E-state index in [1.807, 2.05) is 6.92 Å². The van der Waals surface area contributed by atoms with Crippen LogP contribution in [0.15, 0.2) is 36.5 Å². The summed E-state index contributed by atoms with van der Waals surface area (Å²) in [6.45, 7) is 11.2. The van der Waals surface area contributed by atoms with Crippen molar-refractivity contribution in [3.8, 4) is 0 Å². The lowest BCUT2D eigenvalue weighted by atomic mass is 10.2. The van der Waals surface area contributed by atoms with Gasteiger partial charge in [-0.25, -0.2) is 4.79 Å². The number of hydrogen-bond acceptors (Lipinski definition) is 2. The van der Waals surface area contributed by atoms with Crippen molar-refractivity contribution in [2.45, 2.75) is 13.8 Å². The molecule has 0 saturated carbocycles. The Hall–Kier alpha value is -1.31. The van der Waals surface area contributed by atoms with Crippen LogP contribution in [0, 0.1) is 0 Å². The van der Waals surface area contributed by atoms with Gasteiger partial charge >= 0.3 is 5.97 Å². The van der Waals surface area contributed by atoms with Crippen molar-refractivity contribution in [1.29, 1.82) is 0 Å². The summed E-state index contributed by atoms with van der Waals surface area (Å²) in [6.07, 6.45) is 3.32. The molecule has 0 bridgehead atoms. The lowest BCUT2D eigenvalue weighted by molar-refractivity contribution is -0.138. The maximum atomic E-state index is 11.0. The molecule has 2 heteroatoms. The second-order valence-electron chi connectivity index (χ2n) is 2.43. The molecule has 0 aliphatic rings. The maximum Gasteiger partial charge on any atom is 0.337 e. The number of carbonyl (C=O) groups is 1. The molecule has 0 heterocycles. The van der Waals surface area contributed by atoms with Crippen LogP contribution in [0.2, 0.25) is 0 Å². The van der Waals surface area contributed by atoms with E-state index in [0.717, 1.165) is 5.57 Å². The number of carbonyl (C=O) groups excluding carboxylic acids is 1. The van der Waals surface area contributed by atoms with Gasteiger partial charge in [0.1, 0.15) is 0 Å². The van der Waals surface area contributed by atoms with Crippen LogP contribution in [0.5, 0.6) is 0 Å². The Morgan fingerprint density at radius 2 is 2.00 bits per heavy atom. The Balaban J connectivity index is 4.04. The highest BCUT2D eigenvalue weighted by Crippen LogP contribution is 1.99. The first-order valence-electron chi connectivity index (χ1n) is 3.77. The Labute approximate surface area is 73.2 Å².